The van der Waals surface area contributed by atoms with Gasteiger partial charge in [-0.2, -0.15) is 0 Å². The summed E-state index contributed by atoms with van der Waals surface area (Å²) < 4.78 is 0. The Bertz CT molecular complexity index is 102. The molecule has 0 aromatic rings. The first kappa shape index (κ1) is 15.7. The quantitative estimate of drug-likeness (QED) is 0.702. The smallest absolute Gasteiger partial charge is 0.00410 e. The second kappa shape index (κ2) is 8.83. The zero-order valence-electron chi connectivity index (χ0n) is 9.76. The van der Waals surface area contributed by atoms with Crippen LogP contribution in [0.25, 0.3) is 0 Å². The van der Waals surface area contributed by atoms with Crippen molar-refractivity contribution in [2.75, 3.05) is 0 Å². The lowest BCUT2D eigenvalue weighted by molar-refractivity contribution is 0.430. The Hall–Kier alpha value is 0.250. The van der Waals surface area contributed by atoms with Crippen molar-refractivity contribution in [3.05, 3.63) is 0 Å². The lowest BCUT2D eigenvalue weighted by Crippen LogP contribution is -2.32. The Morgan fingerprint density at radius 1 is 0.923 bits per heavy atom. The van der Waals surface area contributed by atoms with Crippen LogP contribution in [0.15, 0.2) is 0 Å². The van der Waals surface area contributed by atoms with Gasteiger partial charge in [0.15, 0.2) is 0 Å². The summed E-state index contributed by atoms with van der Waals surface area (Å²) in [5, 5.41) is 3.52. The lowest BCUT2D eigenvalue weighted by Gasteiger charge is -2.16. The van der Waals surface area contributed by atoms with Gasteiger partial charge in [-0.25, -0.2) is 0 Å². The predicted octanol–water partition coefficient (Wildman–Crippen LogP) is 3.62. The van der Waals surface area contributed by atoms with E-state index < -0.39 is 0 Å². The summed E-state index contributed by atoms with van der Waals surface area (Å²) in [6, 6.07) is 1.31. The molecule has 0 aliphatic heterocycles. The maximum atomic E-state index is 3.52. The van der Waals surface area contributed by atoms with Crippen molar-refractivity contribution in [2.45, 2.75) is 66.0 Å². The van der Waals surface area contributed by atoms with Crippen LogP contribution >= 0.6 is 12.4 Å². The maximum Gasteiger partial charge on any atom is 0.00410 e. The summed E-state index contributed by atoms with van der Waals surface area (Å²) in [6.07, 6.45) is 4.04. The normalized spacial score (nSPS) is 13.2. The first-order valence-corrected chi connectivity index (χ1v) is 5.28. The third-order valence-electron chi connectivity index (χ3n) is 2.04. The highest BCUT2D eigenvalue weighted by atomic mass is 35.5. The van der Waals surface area contributed by atoms with Crippen LogP contribution in [0.3, 0.4) is 0 Å². The van der Waals surface area contributed by atoms with Gasteiger partial charge in [0.2, 0.25) is 0 Å². The third-order valence-corrected chi connectivity index (χ3v) is 2.04. The number of hydrogen-bond donors (Lipinski definition) is 1. The number of rotatable bonds is 6. The van der Waals surface area contributed by atoms with E-state index in [0.29, 0.717) is 12.1 Å². The Morgan fingerprint density at radius 3 is 1.85 bits per heavy atom. The zero-order chi connectivity index (χ0) is 9.56. The lowest BCUT2D eigenvalue weighted by atomic mass is 10.0. The second-order valence-corrected chi connectivity index (χ2v) is 4.55. The van der Waals surface area contributed by atoms with Crippen molar-refractivity contribution in [1.82, 2.24) is 5.32 Å². The van der Waals surface area contributed by atoms with Crippen LogP contribution in [0.1, 0.15) is 53.9 Å². The van der Waals surface area contributed by atoms with Gasteiger partial charge in [-0.05, 0) is 19.3 Å². The molecule has 0 bridgehead atoms. The van der Waals surface area contributed by atoms with Gasteiger partial charge in [-0.15, -0.1) is 12.4 Å². The summed E-state index contributed by atoms with van der Waals surface area (Å²) in [6.45, 7) is 11.3. The minimum Gasteiger partial charge on any atom is -0.312 e. The van der Waals surface area contributed by atoms with Gasteiger partial charge >= 0.3 is 0 Å². The van der Waals surface area contributed by atoms with E-state index in [1.165, 1.54) is 19.3 Å². The molecule has 82 valence electrons. The summed E-state index contributed by atoms with van der Waals surface area (Å²) in [7, 11) is 0. The molecule has 0 aromatic carbocycles. The van der Waals surface area contributed by atoms with Crippen molar-refractivity contribution in [2.24, 2.45) is 5.92 Å². The van der Waals surface area contributed by atoms with Crippen LogP contribution in [0.4, 0.5) is 0 Å². The van der Waals surface area contributed by atoms with Crippen molar-refractivity contribution in [1.29, 1.82) is 0 Å². The zero-order valence-corrected chi connectivity index (χ0v) is 10.6. The molecule has 0 heterocycles. The molecule has 1 atom stereocenters. The van der Waals surface area contributed by atoms with Crippen molar-refractivity contribution < 1.29 is 0 Å². The topological polar surface area (TPSA) is 12.0 Å². The third kappa shape index (κ3) is 12.2. The summed E-state index contributed by atoms with van der Waals surface area (Å²) in [4.78, 5) is 0. The molecule has 0 aromatic heterocycles. The molecule has 13 heavy (non-hydrogen) atoms. The van der Waals surface area contributed by atoms with Gasteiger partial charge in [0.1, 0.15) is 0 Å². The average Bonchev–Trinajstić information content (AvgIpc) is 1.84. The van der Waals surface area contributed by atoms with E-state index in [4.69, 9.17) is 0 Å². The Labute approximate surface area is 90.1 Å². The Kier molecular flexibility index (Phi) is 10.7. The first-order chi connectivity index (χ1) is 5.52. The predicted molar refractivity (Wildman–Crippen MR) is 63.7 cm³/mol. The van der Waals surface area contributed by atoms with Crippen LogP contribution < -0.4 is 5.32 Å². The first-order valence-electron chi connectivity index (χ1n) is 5.28. The van der Waals surface area contributed by atoms with E-state index in [9.17, 15) is 0 Å². The molecule has 0 unspecified atom stereocenters. The monoisotopic (exact) mass is 207 g/mol. The Morgan fingerprint density at radius 2 is 1.46 bits per heavy atom. The molecule has 0 radical (unpaired) electrons. The molecule has 0 amide bonds. The van der Waals surface area contributed by atoms with Crippen LogP contribution in [-0.4, -0.2) is 12.1 Å². The van der Waals surface area contributed by atoms with Crippen LogP contribution in [0.2, 0.25) is 0 Å². The number of nitrogens with one attached hydrogen (secondary N) is 1. The Balaban J connectivity index is 0. The standard InChI is InChI=1S/C11H25N.ClH/c1-9(2)7-6-8-11(5)12-10(3)4;/h9-12H,6-8H2,1-5H3;1H/t11-;/m1./s1. The maximum absolute atomic E-state index is 3.52. The summed E-state index contributed by atoms with van der Waals surface area (Å²) in [5.41, 5.74) is 0. The second-order valence-electron chi connectivity index (χ2n) is 4.55. The van der Waals surface area contributed by atoms with Crippen molar-refractivity contribution in [3.8, 4) is 0 Å². The van der Waals surface area contributed by atoms with Crippen molar-refractivity contribution in [3.63, 3.8) is 0 Å². The fourth-order valence-electron chi connectivity index (χ4n) is 1.48. The molecule has 0 spiro atoms. The van der Waals surface area contributed by atoms with E-state index in [2.05, 4.69) is 39.9 Å². The molecule has 0 rings (SSSR count). The molecular formula is C11H26ClN. The molecule has 0 aliphatic rings. The van der Waals surface area contributed by atoms with E-state index >= 15 is 0 Å². The molecular weight excluding hydrogens is 182 g/mol. The van der Waals surface area contributed by atoms with Gasteiger partial charge in [0.25, 0.3) is 0 Å². The fraction of sp³-hybridized carbons (Fsp3) is 1.00. The van der Waals surface area contributed by atoms with E-state index in [1.807, 2.05) is 0 Å². The van der Waals surface area contributed by atoms with Gasteiger partial charge < -0.3 is 5.32 Å². The highest BCUT2D eigenvalue weighted by Gasteiger charge is 2.03. The molecule has 2 heteroatoms. The minimum absolute atomic E-state index is 0. The molecule has 0 saturated heterocycles. The van der Waals surface area contributed by atoms with Crippen LogP contribution in [0, 0.1) is 5.92 Å². The largest absolute Gasteiger partial charge is 0.312 e. The molecule has 1 nitrogen and oxygen atoms in total. The van der Waals surface area contributed by atoms with Crippen molar-refractivity contribution >= 4 is 12.4 Å². The highest BCUT2D eigenvalue weighted by Crippen LogP contribution is 2.08. The highest BCUT2D eigenvalue weighted by molar-refractivity contribution is 5.85. The summed E-state index contributed by atoms with van der Waals surface area (Å²) in [5.74, 6) is 0.858. The van der Waals surface area contributed by atoms with Gasteiger partial charge in [-0.1, -0.05) is 40.5 Å². The van der Waals surface area contributed by atoms with Gasteiger partial charge in [-0.3, -0.25) is 0 Å². The molecule has 0 fully saturated rings. The van der Waals surface area contributed by atoms with Crippen LogP contribution in [-0.2, 0) is 0 Å². The number of hydrogen-bond acceptors (Lipinski definition) is 1. The minimum atomic E-state index is 0. The molecule has 0 aliphatic carbocycles. The fourth-order valence-corrected chi connectivity index (χ4v) is 1.48. The summed E-state index contributed by atoms with van der Waals surface area (Å²) >= 11 is 0. The van der Waals surface area contributed by atoms with Gasteiger partial charge in [0, 0.05) is 12.1 Å². The molecule has 0 saturated carbocycles. The van der Waals surface area contributed by atoms with E-state index in [1.54, 1.807) is 0 Å². The number of halogens is 1. The SMILES string of the molecule is CC(C)CCC[C@@H](C)NC(C)C.Cl. The average molecular weight is 208 g/mol. The van der Waals surface area contributed by atoms with E-state index in [0.717, 1.165) is 5.92 Å². The molecule has 1 N–H and O–H groups in total. The van der Waals surface area contributed by atoms with E-state index in [-0.39, 0.29) is 12.4 Å². The van der Waals surface area contributed by atoms with Gasteiger partial charge in [0.05, 0.1) is 0 Å². The van der Waals surface area contributed by atoms with Crippen LogP contribution in [0.5, 0.6) is 0 Å².